The molecule has 1 aliphatic carbocycles. The summed E-state index contributed by atoms with van der Waals surface area (Å²) < 4.78 is 0. The van der Waals surface area contributed by atoms with Crippen LogP contribution in [0.4, 0.5) is 0 Å². The van der Waals surface area contributed by atoms with E-state index in [0.29, 0.717) is 0 Å². The molecule has 0 saturated heterocycles. The Morgan fingerprint density at radius 2 is 2.00 bits per heavy atom. The standard InChI is InChI=1S/C17H21NO3/c1-12-7-9-13(10-8-12)15(11-16(19)20)18-17(21)14-5-3-2-4-6-14/h2-3,7-10,14-15H,4-6,11H2,1H3,(H,18,21)(H,19,20). The first-order valence-electron chi connectivity index (χ1n) is 7.30. The molecule has 0 aromatic heterocycles. The van der Waals surface area contributed by atoms with Crippen molar-refractivity contribution in [3.05, 3.63) is 47.5 Å². The molecule has 112 valence electrons. The monoisotopic (exact) mass is 287 g/mol. The molecular formula is C17H21NO3. The van der Waals surface area contributed by atoms with Crippen molar-refractivity contribution in [2.75, 3.05) is 0 Å². The number of allylic oxidation sites excluding steroid dienone is 2. The lowest BCUT2D eigenvalue weighted by Crippen LogP contribution is -2.35. The van der Waals surface area contributed by atoms with Gasteiger partial charge in [0, 0.05) is 5.92 Å². The van der Waals surface area contributed by atoms with Crippen LogP contribution in [0.15, 0.2) is 36.4 Å². The molecule has 21 heavy (non-hydrogen) atoms. The Morgan fingerprint density at radius 3 is 2.57 bits per heavy atom. The van der Waals surface area contributed by atoms with Gasteiger partial charge in [-0.25, -0.2) is 0 Å². The summed E-state index contributed by atoms with van der Waals surface area (Å²) in [5.74, 6) is -1.01. The molecule has 4 heteroatoms. The highest BCUT2D eigenvalue weighted by Crippen LogP contribution is 2.22. The number of hydrogen-bond acceptors (Lipinski definition) is 2. The van der Waals surface area contributed by atoms with Gasteiger partial charge in [-0.15, -0.1) is 0 Å². The molecule has 0 bridgehead atoms. The third-order valence-electron chi connectivity index (χ3n) is 3.81. The molecule has 2 rings (SSSR count). The van der Waals surface area contributed by atoms with Crippen LogP contribution in [0.5, 0.6) is 0 Å². The molecule has 4 nitrogen and oxygen atoms in total. The van der Waals surface area contributed by atoms with Crippen molar-refractivity contribution < 1.29 is 14.7 Å². The minimum Gasteiger partial charge on any atom is -0.481 e. The van der Waals surface area contributed by atoms with Crippen LogP contribution in [0.25, 0.3) is 0 Å². The number of carbonyl (C=O) groups is 2. The molecule has 1 amide bonds. The van der Waals surface area contributed by atoms with Crippen LogP contribution >= 0.6 is 0 Å². The van der Waals surface area contributed by atoms with Gasteiger partial charge >= 0.3 is 5.97 Å². The zero-order chi connectivity index (χ0) is 15.2. The predicted octanol–water partition coefficient (Wildman–Crippen LogP) is 2.98. The van der Waals surface area contributed by atoms with Gasteiger partial charge in [-0.05, 0) is 31.7 Å². The van der Waals surface area contributed by atoms with Crippen LogP contribution in [0.1, 0.15) is 42.9 Å². The first kappa shape index (κ1) is 15.3. The number of rotatable bonds is 5. The van der Waals surface area contributed by atoms with Crippen molar-refractivity contribution in [2.45, 2.75) is 38.6 Å². The number of amides is 1. The molecule has 1 aromatic rings. The molecule has 2 atom stereocenters. The number of aliphatic carboxylic acids is 1. The highest BCUT2D eigenvalue weighted by atomic mass is 16.4. The van der Waals surface area contributed by atoms with E-state index in [2.05, 4.69) is 11.4 Å². The van der Waals surface area contributed by atoms with Crippen LogP contribution in [0, 0.1) is 12.8 Å². The van der Waals surface area contributed by atoms with E-state index < -0.39 is 12.0 Å². The Morgan fingerprint density at radius 1 is 1.29 bits per heavy atom. The largest absolute Gasteiger partial charge is 0.481 e. The van der Waals surface area contributed by atoms with E-state index >= 15 is 0 Å². The van der Waals surface area contributed by atoms with Crippen LogP contribution < -0.4 is 5.32 Å². The van der Waals surface area contributed by atoms with E-state index in [1.165, 1.54) is 0 Å². The Labute approximate surface area is 124 Å². The summed E-state index contributed by atoms with van der Waals surface area (Å²) in [6.45, 7) is 1.98. The van der Waals surface area contributed by atoms with Crippen LogP contribution in [-0.2, 0) is 9.59 Å². The molecule has 0 radical (unpaired) electrons. The number of carboxylic acids is 1. The Balaban J connectivity index is 2.08. The minimum atomic E-state index is -0.913. The topological polar surface area (TPSA) is 66.4 Å². The number of benzene rings is 1. The van der Waals surface area contributed by atoms with Crippen molar-refractivity contribution in [2.24, 2.45) is 5.92 Å². The van der Waals surface area contributed by atoms with Gasteiger partial charge in [-0.3, -0.25) is 9.59 Å². The maximum Gasteiger partial charge on any atom is 0.305 e. The van der Waals surface area contributed by atoms with Crippen molar-refractivity contribution in [1.82, 2.24) is 5.32 Å². The predicted molar refractivity (Wildman–Crippen MR) is 80.8 cm³/mol. The fourth-order valence-electron chi connectivity index (χ4n) is 2.55. The third kappa shape index (κ3) is 4.45. The van der Waals surface area contributed by atoms with E-state index in [4.69, 9.17) is 5.11 Å². The number of hydrogen-bond donors (Lipinski definition) is 2. The van der Waals surface area contributed by atoms with Crippen LogP contribution in [0.3, 0.4) is 0 Å². The first-order valence-corrected chi connectivity index (χ1v) is 7.30. The van der Waals surface area contributed by atoms with Crippen molar-refractivity contribution >= 4 is 11.9 Å². The fourth-order valence-corrected chi connectivity index (χ4v) is 2.55. The number of carbonyl (C=O) groups excluding carboxylic acids is 1. The average molecular weight is 287 g/mol. The Bertz CT molecular complexity index is 533. The summed E-state index contributed by atoms with van der Waals surface area (Å²) in [7, 11) is 0. The van der Waals surface area contributed by atoms with E-state index in [1.807, 2.05) is 37.3 Å². The van der Waals surface area contributed by atoms with Gasteiger partial charge < -0.3 is 10.4 Å². The summed E-state index contributed by atoms with van der Waals surface area (Å²) in [5, 5.41) is 12.0. The van der Waals surface area contributed by atoms with Gasteiger partial charge in [0.25, 0.3) is 0 Å². The molecule has 0 fully saturated rings. The average Bonchev–Trinajstić information content (AvgIpc) is 2.48. The fraction of sp³-hybridized carbons (Fsp3) is 0.412. The zero-order valence-electron chi connectivity index (χ0n) is 12.2. The molecular weight excluding hydrogens is 266 g/mol. The number of nitrogens with one attached hydrogen (secondary N) is 1. The van der Waals surface area contributed by atoms with E-state index in [9.17, 15) is 9.59 Å². The second-order valence-corrected chi connectivity index (χ2v) is 5.55. The molecule has 1 aliphatic rings. The Hall–Kier alpha value is -2.10. The molecule has 1 aromatic carbocycles. The first-order chi connectivity index (χ1) is 10.1. The maximum absolute atomic E-state index is 12.3. The smallest absolute Gasteiger partial charge is 0.305 e. The van der Waals surface area contributed by atoms with E-state index in [0.717, 1.165) is 30.4 Å². The minimum absolute atomic E-state index is 0.0447. The highest BCUT2D eigenvalue weighted by molar-refractivity contribution is 5.80. The number of carboxylic acid groups (broad SMARTS) is 1. The van der Waals surface area contributed by atoms with E-state index in [-0.39, 0.29) is 18.2 Å². The quantitative estimate of drug-likeness (QED) is 0.818. The molecule has 0 aliphatic heterocycles. The molecule has 2 unspecified atom stereocenters. The maximum atomic E-state index is 12.3. The lowest BCUT2D eigenvalue weighted by Gasteiger charge is -2.22. The lowest BCUT2D eigenvalue weighted by atomic mass is 9.92. The van der Waals surface area contributed by atoms with Gasteiger partial charge in [-0.1, -0.05) is 42.0 Å². The van der Waals surface area contributed by atoms with Crippen molar-refractivity contribution in [1.29, 1.82) is 0 Å². The van der Waals surface area contributed by atoms with Crippen molar-refractivity contribution in [3.63, 3.8) is 0 Å². The summed E-state index contributed by atoms with van der Waals surface area (Å²) in [6.07, 6.45) is 6.48. The summed E-state index contributed by atoms with van der Waals surface area (Å²) in [5.41, 5.74) is 1.94. The van der Waals surface area contributed by atoms with Gasteiger partial charge in [0.15, 0.2) is 0 Å². The normalized spacial score (nSPS) is 19.0. The lowest BCUT2D eigenvalue weighted by molar-refractivity contribution is -0.138. The van der Waals surface area contributed by atoms with E-state index in [1.54, 1.807) is 0 Å². The van der Waals surface area contributed by atoms with Gasteiger partial charge in [-0.2, -0.15) is 0 Å². The summed E-state index contributed by atoms with van der Waals surface area (Å²) >= 11 is 0. The third-order valence-corrected chi connectivity index (χ3v) is 3.81. The zero-order valence-corrected chi connectivity index (χ0v) is 12.2. The molecule has 0 saturated carbocycles. The molecule has 2 N–H and O–H groups in total. The summed E-state index contributed by atoms with van der Waals surface area (Å²) in [4.78, 5) is 23.3. The second kappa shape index (κ2) is 7.07. The number of aryl methyl sites for hydroxylation is 1. The Kier molecular flexibility index (Phi) is 5.14. The molecule has 0 spiro atoms. The van der Waals surface area contributed by atoms with Crippen LogP contribution in [-0.4, -0.2) is 17.0 Å². The second-order valence-electron chi connectivity index (χ2n) is 5.55. The SMILES string of the molecule is Cc1ccc(C(CC(=O)O)NC(=O)C2CC=CCC2)cc1. The van der Waals surface area contributed by atoms with Gasteiger partial charge in [0.1, 0.15) is 0 Å². The van der Waals surface area contributed by atoms with Gasteiger partial charge in [0.05, 0.1) is 12.5 Å². The highest BCUT2D eigenvalue weighted by Gasteiger charge is 2.23. The summed E-state index contributed by atoms with van der Waals surface area (Å²) in [6, 6.07) is 7.15. The molecule has 0 heterocycles. The van der Waals surface area contributed by atoms with Crippen molar-refractivity contribution in [3.8, 4) is 0 Å². The van der Waals surface area contributed by atoms with Gasteiger partial charge in [0.2, 0.25) is 5.91 Å². The van der Waals surface area contributed by atoms with Crippen LogP contribution in [0.2, 0.25) is 0 Å².